The number of carbonyl (C=O) groups excluding carboxylic acids is 1. The van der Waals surface area contributed by atoms with Crippen LogP contribution < -0.4 is 16.0 Å². The number of carbonyl (C=O) groups is 1. The number of hydrogen-bond donors (Lipinski definition) is 4. The zero-order valence-electron chi connectivity index (χ0n) is 19.9. The van der Waals surface area contributed by atoms with Gasteiger partial charge in [-0.1, -0.05) is 24.4 Å². The van der Waals surface area contributed by atoms with E-state index in [-0.39, 0.29) is 12.1 Å². The number of urea groups is 1. The lowest BCUT2D eigenvalue weighted by Gasteiger charge is -2.31. The van der Waals surface area contributed by atoms with Crippen molar-refractivity contribution in [2.24, 2.45) is 10.3 Å². The van der Waals surface area contributed by atoms with Crippen molar-refractivity contribution in [1.82, 2.24) is 20.2 Å². The van der Waals surface area contributed by atoms with Crippen LogP contribution in [0.3, 0.4) is 0 Å². The number of allylic oxidation sites excluding steroid dienone is 2. The first-order chi connectivity index (χ1) is 15.3. The molecule has 10 nitrogen and oxygen atoms in total. The number of quaternary nitrogens is 1. The third kappa shape index (κ3) is 5.60. The second-order valence-electron chi connectivity index (χ2n) is 9.41. The highest BCUT2D eigenvalue weighted by Crippen LogP contribution is 2.27. The van der Waals surface area contributed by atoms with Crippen LogP contribution in [0.4, 0.5) is 4.79 Å². The van der Waals surface area contributed by atoms with Gasteiger partial charge in [0.25, 0.3) is 5.84 Å². The Labute approximate surface area is 189 Å². The lowest BCUT2D eigenvalue weighted by Crippen LogP contribution is -2.87. The first kappa shape index (κ1) is 24.1. The first-order valence-corrected chi connectivity index (χ1v) is 11.4. The molecular weight excluding hydrogens is 408 g/mol. The van der Waals surface area contributed by atoms with Gasteiger partial charge in [-0.3, -0.25) is 5.32 Å². The number of amidine groups is 1. The van der Waals surface area contributed by atoms with Crippen molar-refractivity contribution < 1.29 is 14.8 Å². The Morgan fingerprint density at radius 3 is 2.69 bits per heavy atom. The van der Waals surface area contributed by atoms with Crippen molar-refractivity contribution in [3.8, 4) is 0 Å². The number of fused-ring (bicyclic) bond motifs is 1. The van der Waals surface area contributed by atoms with Crippen molar-refractivity contribution >= 4 is 17.4 Å². The average molecular weight is 446 g/mol. The first-order valence-electron chi connectivity index (χ1n) is 11.4. The molecule has 1 aromatic heterocycles. The third-order valence-corrected chi connectivity index (χ3v) is 6.22. The van der Waals surface area contributed by atoms with Crippen LogP contribution >= 0.6 is 0 Å². The molecule has 1 fully saturated rings. The van der Waals surface area contributed by atoms with Gasteiger partial charge in [0, 0.05) is 38.6 Å². The minimum Gasteiger partial charge on any atom is -0.384 e. The van der Waals surface area contributed by atoms with Crippen LogP contribution in [0, 0.1) is 5.53 Å². The Balaban J connectivity index is 1.87. The van der Waals surface area contributed by atoms with E-state index in [1.165, 1.54) is 19.3 Å². The number of nitrogens with one attached hydrogen (secondary N) is 3. The maximum Gasteiger partial charge on any atom is 0.315 e. The van der Waals surface area contributed by atoms with Crippen molar-refractivity contribution in [3.63, 3.8) is 0 Å². The van der Waals surface area contributed by atoms with Gasteiger partial charge in [-0.15, -0.1) is 0 Å². The zero-order chi connectivity index (χ0) is 23.3. The van der Waals surface area contributed by atoms with Crippen molar-refractivity contribution in [2.75, 3.05) is 13.7 Å². The number of rotatable bonds is 8. The summed E-state index contributed by atoms with van der Waals surface area (Å²) in [5, 5.41) is 15.4. The van der Waals surface area contributed by atoms with Crippen LogP contribution in [0.15, 0.2) is 16.0 Å². The summed E-state index contributed by atoms with van der Waals surface area (Å²) in [6.45, 7) is 9.21. The molecule has 2 heterocycles. The number of aromatic nitrogens is 2. The van der Waals surface area contributed by atoms with E-state index in [2.05, 4.69) is 32.4 Å². The molecular formula is C22H37N8O2+. The third-order valence-electron chi connectivity index (χ3n) is 6.22. The summed E-state index contributed by atoms with van der Waals surface area (Å²) in [5.74, 6) is 1.44. The molecule has 0 saturated heterocycles. The maximum absolute atomic E-state index is 12.7. The standard InChI is InChI=1S/C22H36N8O2/c1-14-15(2)24-20(28-29-23)18-19(14)30(17(26-18)11-12-32-5)13-22(3,4)27-21(31)25-16-9-7-6-8-10-16/h16H,6-13H2,1-5H3,(H2,23,24,28)(H2,25,27,31)/p+1. The van der Waals surface area contributed by atoms with Crippen LogP contribution in [0.5, 0.6) is 0 Å². The predicted molar refractivity (Wildman–Crippen MR) is 122 cm³/mol. The number of ether oxygens (including phenoxy) is 1. The largest absolute Gasteiger partial charge is 0.384 e. The van der Waals surface area contributed by atoms with Gasteiger partial charge >= 0.3 is 6.03 Å². The molecule has 2 aliphatic rings. The second kappa shape index (κ2) is 10.4. The monoisotopic (exact) mass is 445 g/mol. The van der Waals surface area contributed by atoms with E-state index >= 15 is 0 Å². The number of nitrogens with two attached hydrogens (primary N) is 1. The van der Waals surface area contributed by atoms with E-state index in [0.717, 1.165) is 41.3 Å². The predicted octanol–water partition coefficient (Wildman–Crippen LogP) is 2.50. The summed E-state index contributed by atoms with van der Waals surface area (Å²) in [5.41, 5.74) is 10.5. The minimum absolute atomic E-state index is 0.124. The summed E-state index contributed by atoms with van der Waals surface area (Å²) in [6, 6.07) is 0.134. The van der Waals surface area contributed by atoms with Crippen LogP contribution in [0.1, 0.15) is 77.0 Å². The lowest BCUT2D eigenvalue weighted by atomic mass is 9.95. The fourth-order valence-corrected chi connectivity index (χ4v) is 4.52. The van der Waals surface area contributed by atoms with Gasteiger partial charge in [-0.2, -0.15) is 5.53 Å². The lowest BCUT2D eigenvalue weighted by molar-refractivity contribution is -0.483. The molecule has 5 N–H and O–H groups in total. The summed E-state index contributed by atoms with van der Waals surface area (Å²) in [6.07, 6.45) is 6.33. The fourth-order valence-electron chi connectivity index (χ4n) is 4.52. The summed E-state index contributed by atoms with van der Waals surface area (Å²) in [4.78, 5) is 17.6. The quantitative estimate of drug-likeness (QED) is 0.362. The fraction of sp³-hybridized carbons (Fsp3) is 0.682. The molecule has 0 bridgehead atoms. The van der Waals surface area contributed by atoms with Gasteiger partial charge in [-0.05, 0) is 38.8 Å². The van der Waals surface area contributed by atoms with Crippen LogP contribution in [-0.4, -0.2) is 46.7 Å². The molecule has 10 heteroatoms. The van der Waals surface area contributed by atoms with Crippen molar-refractivity contribution in [3.05, 3.63) is 22.9 Å². The SMILES string of the molecule is COCCc1nc2c(n1CC(C)(C)NC(=O)NC1CCCCC1)C(C)=C(C)[NH2+]/C2=N\N=N. The highest BCUT2D eigenvalue weighted by molar-refractivity contribution is 5.97. The van der Waals surface area contributed by atoms with Crippen LogP contribution in [0.2, 0.25) is 0 Å². The van der Waals surface area contributed by atoms with E-state index in [0.29, 0.717) is 25.4 Å². The van der Waals surface area contributed by atoms with E-state index < -0.39 is 5.54 Å². The van der Waals surface area contributed by atoms with Gasteiger partial charge in [0.2, 0.25) is 0 Å². The Kier molecular flexibility index (Phi) is 7.78. The molecule has 1 aliphatic carbocycles. The Bertz CT molecular complexity index is 909. The average Bonchev–Trinajstić information content (AvgIpc) is 3.08. The van der Waals surface area contributed by atoms with E-state index in [1.807, 2.05) is 26.1 Å². The molecule has 176 valence electrons. The smallest absolute Gasteiger partial charge is 0.315 e. The molecule has 1 saturated carbocycles. The maximum atomic E-state index is 12.7. The summed E-state index contributed by atoms with van der Waals surface area (Å²) in [7, 11) is 1.67. The number of nitrogens with zero attached hydrogens (tertiary/aromatic N) is 4. The zero-order valence-corrected chi connectivity index (χ0v) is 19.9. The number of amides is 2. The van der Waals surface area contributed by atoms with Crippen LogP contribution in [-0.2, 0) is 17.7 Å². The molecule has 1 aliphatic heterocycles. The molecule has 0 atom stereocenters. The topological polar surface area (TPSA) is 133 Å². The number of imidazole rings is 1. The highest BCUT2D eigenvalue weighted by atomic mass is 16.5. The number of methoxy groups -OCH3 is 1. The van der Waals surface area contributed by atoms with Gasteiger partial charge in [0.05, 0.1) is 17.8 Å². The molecule has 1 aromatic rings. The van der Waals surface area contributed by atoms with E-state index in [1.54, 1.807) is 7.11 Å². The van der Waals surface area contributed by atoms with Crippen molar-refractivity contribution in [2.45, 2.75) is 84.3 Å². The Morgan fingerprint density at radius 1 is 1.31 bits per heavy atom. The molecule has 0 unspecified atom stereocenters. The Morgan fingerprint density at radius 2 is 2.03 bits per heavy atom. The van der Waals surface area contributed by atoms with Gasteiger partial charge < -0.3 is 19.9 Å². The highest BCUT2D eigenvalue weighted by Gasteiger charge is 2.34. The molecule has 0 spiro atoms. The van der Waals surface area contributed by atoms with Gasteiger partial charge in [-0.25, -0.2) is 9.78 Å². The second-order valence-corrected chi connectivity index (χ2v) is 9.41. The van der Waals surface area contributed by atoms with Gasteiger partial charge in [0.1, 0.15) is 11.5 Å². The molecule has 3 rings (SSSR count). The molecule has 32 heavy (non-hydrogen) atoms. The molecule has 2 amide bonds. The summed E-state index contributed by atoms with van der Waals surface area (Å²) < 4.78 is 7.46. The number of hydrogen-bond acceptors (Lipinski definition) is 5. The van der Waals surface area contributed by atoms with Crippen LogP contribution in [0.25, 0.3) is 5.57 Å². The van der Waals surface area contributed by atoms with E-state index in [4.69, 9.17) is 15.3 Å². The Hall–Kier alpha value is -2.59. The molecule has 0 aromatic carbocycles. The molecule has 0 radical (unpaired) electrons. The van der Waals surface area contributed by atoms with Crippen molar-refractivity contribution in [1.29, 1.82) is 5.53 Å². The normalized spacial score (nSPS) is 18.6. The minimum atomic E-state index is -0.512. The van der Waals surface area contributed by atoms with E-state index in [9.17, 15) is 4.79 Å². The summed E-state index contributed by atoms with van der Waals surface area (Å²) >= 11 is 0. The van der Waals surface area contributed by atoms with Gasteiger partial charge in [0.15, 0.2) is 5.69 Å².